The zero-order valence-corrected chi connectivity index (χ0v) is 13.4. The lowest BCUT2D eigenvalue weighted by molar-refractivity contribution is -0.123. The number of aliphatic imine (C=N–C) groups is 1. The molecule has 1 aromatic carbocycles. The molecule has 7 heteroatoms. The van der Waals surface area contributed by atoms with Crippen molar-refractivity contribution in [2.45, 2.75) is 19.4 Å². The van der Waals surface area contributed by atoms with Crippen molar-refractivity contribution < 1.29 is 4.79 Å². The van der Waals surface area contributed by atoms with Crippen LogP contribution < -0.4 is 16.8 Å². The highest BCUT2D eigenvalue weighted by Gasteiger charge is 2.23. The predicted octanol–water partition coefficient (Wildman–Crippen LogP) is 1.39. The van der Waals surface area contributed by atoms with E-state index >= 15 is 0 Å². The number of hydrogen-bond acceptors (Lipinski definition) is 3. The largest absolute Gasteiger partial charge is 0.370 e. The first-order valence-corrected chi connectivity index (χ1v) is 7.66. The summed E-state index contributed by atoms with van der Waals surface area (Å²) in [7, 11) is 1.61. The zero-order chi connectivity index (χ0) is 16.1. The molecule has 1 heterocycles. The molecular weight excluding hydrogens is 302 g/mol. The topological polar surface area (TPSA) is 96.7 Å². The van der Waals surface area contributed by atoms with E-state index in [4.69, 9.17) is 23.1 Å². The standard InChI is InChI=1S/C15H22ClN5O/c1-19-15(18)20-13-8-10(2-3-12(13)16)9-21-6-4-11(5-7-21)14(17)22/h2-3,8,11H,4-7,9H2,1H3,(H2,17,22)(H3,18,19,20). The Morgan fingerprint density at radius 2 is 2.09 bits per heavy atom. The Balaban J connectivity index is 1.99. The molecule has 0 atom stereocenters. The maximum atomic E-state index is 11.2. The highest BCUT2D eigenvalue weighted by molar-refractivity contribution is 6.33. The lowest BCUT2D eigenvalue weighted by Gasteiger charge is -2.30. The lowest BCUT2D eigenvalue weighted by atomic mass is 9.96. The molecule has 22 heavy (non-hydrogen) atoms. The molecule has 1 aliphatic rings. The van der Waals surface area contributed by atoms with Crippen LogP contribution in [0.1, 0.15) is 18.4 Å². The molecule has 0 unspecified atom stereocenters. The van der Waals surface area contributed by atoms with Gasteiger partial charge in [0, 0.05) is 19.5 Å². The summed E-state index contributed by atoms with van der Waals surface area (Å²) in [5.41, 5.74) is 12.9. The molecule has 1 fully saturated rings. The average Bonchev–Trinajstić information content (AvgIpc) is 2.51. The van der Waals surface area contributed by atoms with E-state index in [0.717, 1.165) is 43.7 Å². The third-order valence-electron chi connectivity index (χ3n) is 3.93. The number of likely N-dealkylation sites (tertiary alicyclic amines) is 1. The number of nitrogens with zero attached hydrogens (tertiary/aromatic N) is 2. The van der Waals surface area contributed by atoms with Gasteiger partial charge >= 0.3 is 0 Å². The maximum absolute atomic E-state index is 11.2. The van der Waals surface area contributed by atoms with Crippen LogP contribution in [0.3, 0.4) is 0 Å². The fraction of sp³-hybridized carbons (Fsp3) is 0.467. The summed E-state index contributed by atoms with van der Waals surface area (Å²) < 4.78 is 0. The molecule has 0 saturated carbocycles. The minimum Gasteiger partial charge on any atom is -0.370 e. The Morgan fingerprint density at radius 3 is 2.68 bits per heavy atom. The van der Waals surface area contributed by atoms with E-state index in [1.54, 1.807) is 7.05 Å². The molecule has 2 rings (SSSR count). The van der Waals surface area contributed by atoms with Gasteiger partial charge in [0.05, 0.1) is 10.7 Å². The first-order chi connectivity index (χ1) is 10.5. The smallest absolute Gasteiger partial charge is 0.220 e. The molecular formula is C15H22ClN5O. The Kier molecular flexibility index (Phi) is 5.63. The number of nitrogens with one attached hydrogen (secondary N) is 1. The van der Waals surface area contributed by atoms with Gasteiger partial charge in [0.15, 0.2) is 5.96 Å². The maximum Gasteiger partial charge on any atom is 0.220 e. The van der Waals surface area contributed by atoms with E-state index in [1.165, 1.54) is 0 Å². The van der Waals surface area contributed by atoms with Crippen molar-refractivity contribution in [1.82, 2.24) is 4.90 Å². The van der Waals surface area contributed by atoms with E-state index in [0.29, 0.717) is 11.0 Å². The molecule has 1 aromatic rings. The lowest BCUT2D eigenvalue weighted by Crippen LogP contribution is -2.38. The number of primary amides is 1. The van der Waals surface area contributed by atoms with Gasteiger partial charge in [-0.3, -0.25) is 14.7 Å². The minimum atomic E-state index is -0.188. The summed E-state index contributed by atoms with van der Waals surface area (Å²) in [4.78, 5) is 17.4. The van der Waals surface area contributed by atoms with Crippen LogP contribution in [0.25, 0.3) is 0 Å². The van der Waals surface area contributed by atoms with Crippen molar-refractivity contribution >= 4 is 29.2 Å². The van der Waals surface area contributed by atoms with Crippen molar-refractivity contribution in [3.8, 4) is 0 Å². The van der Waals surface area contributed by atoms with Crippen LogP contribution in [0, 0.1) is 5.92 Å². The van der Waals surface area contributed by atoms with Gasteiger partial charge in [-0.2, -0.15) is 0 Å². The van der Waals surface area contributed by atoms with Crippen LogP contribution in [0.4, 0.5) is 5.69 Å². The summed E-state index contributed by atoms with van der Waals surface area (Å²) in [6.45, 7) is 2.55. The van der Waals surface area contributed by atoms with E-state index in [-0.39, 0.29) is 11.8 Å². The quantitative estimate of drug-likeness (QED) is 0.576. The van der Waals surface area contributed by atoms with Gasteiger partial charge in [0.25, 0.3) is 0 Å². The van der Waals surface area contributed by atoms with Gasteiger partial charge in [0.2, 0.25) is 5.91 Å². The first-order valence-electron chi connectivity index (χ1n) is 7.29. The van der Waals surface area contributed by atoms with Crippen molar-refractivity contribution in [2.75, 3.05) is 25.5 Å². The molecule has 1 aliphatic heterocycles. The van der Waals surface area contributed by atoms with Crippen molar-refractivity contribution in [1.29, 1.82) is 0 Å². The predicted molar refractivity (Wildman–Crippen MR) is 89.8 cm³/mol. The monoisotopic (exact) mass is 323 g/mol. The highest BCUT2D eigenvalue weighted by atomic mass is 35.5. The summed E-state index contributed by atoms with van der Waals surface area (Å²) in [5, 5.41) is 3.58. The van der Waals surface area contributed by atoms with E-state index in [9.17, 15) is 4.79 Å². The number of nitrogens with two attached hydrogens (primary N) is 2. The van der Waals surface area contributed by atoms with Crippen molar-refractivity contribution in [3.63, 3.8) is 0 Å². The number of carbonyl (C=O) groups excluding carboxylic acids is 1. The molecule has 0 spiro atoms. The zero-order valence-electron chi connectivity index (χ0n) is 12.7. The van der Waals surface area contributed by atoms with Crippen molar-refractivity contribution in [2.24, 2.45) is 22.4 Å². The number of carbonyl (C=O) groups is 1. The van der Waals surface area contributed by atoms with Crippen LogP contribution in [0.2, 0.25) is 5.02 Å². The Bertz CT molecular complexity index is 567. The van der Waals surface area contributed by atoms with Crippen LogP contribution in [0.5, 0.6) is 0 Å². The second kappa shape index (κ2) is 7.47. The van der Waals surface area contributed by atoms with Crippen LogP contribution in [-0.4, -0.2) is 36.9 Å². The number of benzene rings is 1. The third-order valence-corrected chi connectivity index (χ3v) is 4.26. The third kappa shape index (κ3) is 4.35. The highest BCUT2D eigenvalue weighted by Crippen LogP contribution is 2.25. The van der Waals surface area contributed by atoms with Crippen molar-refractivity contribution in [3.05, 3.63) is 28.8 Å². The van der Waals surface area contributed by atoms with E-state index < -0.39 is 0 Å². The second-order valence-electron chi connectivity index (χ2n) is 5.50. The van der Waals surface area contributed by atoms with Crippen LogP contribution in [-0.2, 0) is 11.3 Å². The van der Waals surface area contributed by atoms with Gasteiger partial charge < -0.3 is 16.8 Å². The van der Waals surface area contributed by atoms with Gasteiger partial charge in [-0.15, -0.1) is 0 Å². The van der Waals surface area contributed by atoms with Gasteiger partial charge in [0.1, 0.15) is 0 Å². The van der Waals surface area contributed by atoms with Crippen LogP contribution >= 0.6 is 11.6 Å². The average molecular weight is 324 g/mol. The Morgan fingerprint density at radius 1 is 1.41 bits per heavy atom. The fourth-order valence-corrected chi connectivity index (χ4v) is 2.76. The Labute approximate surface area is 135 Å². The first kappa shape index (κ1) is 16.6. The molecule has 120 valence electrons. The van der Waals surface area contributed by atoms with Gasteiger partial charge in [-0.25, -0.2) is 0 Å². The van der Waals surface area contributed by atoms with Crippen LogP contribution in [0.15, 0.2) is 23.2 Å². The molecule has 0 bridgehead atoms. The summed E-state index contributed by atoms with van der Waals surface area (Å²) >= 11 is 6.16. The van der Waals surface area contributed by atoms with Gasteiger partial charge in [-0.1, -0.05) is 17.7 Å². The molecule has 6 nitrogen and oxygen atoms in total. The number of piperidine rings is 1. The van der Waals surface area contributed by atoms with E-state index in [1.807, 2.05) is 18.2 Å². The normalized spacial score (nSPS) is 17.5. The molecule has 0 aromatic heterocycles. The molecule has 1 saturated heterocycles. The van der Waals surface area contributed by atoms with Gasteiger partial charge in [-0.05, 0) is 43.6 Å². The molecule has 0 radical (unpaired) electrons. The summed E-state index contributed by atoms with van der Waals surface area (Å²) in [6, 6.07) is 5.81. The van der Waals surface area contributed by atoms with E-state index in [2.05, 4.69) is 15.2 Å². The fourth-order valence-electron chi connectivity index (χ4n) is 2.59. The summed E-state index contributed by atoms with van der Waals surface area (Å²) in [5.74, 6) is 0.146. The number of halogens is 1. The molecule has 1 amide bonds. The molecule has 0 aliphatic carbocycles. The second-order valence-corrected chi connectivity index (χ2v) is 5.91. The Hall–Kier alpha value is -1.79. The number of rotatable bonds is 4. The number of anilines is 1. The number of amides is 1. The number of guanidine groups is 1. The number of hydrogen-bond donors (Lipinski definition) is 3. The summed E-state index contributed by atoms with van der Waals surface area (Å²) in [6.07, 6.45) is 1.65. The minimum absolute atomic E-state index is 0.0132. The molecule has 5 N–H and O–H groups in total. The SMILES string of the molecule is CN=C(N)Nc1cc(CN2CCC(C(N)=O)CC2)ccc1Cl.